The van der Waals surface area contributed by atoms with Crippen molar-refractivity contribution in [1.82, 2.24) is 16.0 Å². The van der Waals surface area contributed by atoms with Gasteiger partial charge in [0.1, 0.15) is 11.5 Å². The lowest BCUT2D eigenvalue weighted by atomic mass is 10.2. The highest BCUT2D eigenvalue weighted by Crippen LogP contribution is 2.28. The Hall–Kier alpha value is -2.29. The number of aliphatic imine (C=N–C) groups is 1. The molecule has 0 radical (unpaired) electrons. The van der Waals surface area contributed by atoms with Crippen molar-refractivity contribution in [2.75, 3.05) is 19.6 Å². The topological polar surface area (TPSA) is 74.8 Å². The predicted octanol–water partition coefficient (Wildman–Crippen LogP) is 3.68. The summed E-state index contributed by atoms with van der Waals surface area (Å²) in [6, 6.07) is 17.6. The molecule has 0 bridgehead atoms. The Labute approximate surface area is 189 Å². The molecule has 1 amide bonds. The highest BCUT2D eigenvalue weighted by atomic mass is 127. The van der Waals surface area contributed by atoms with Gasteiger partial charge in [0.15, 0.2) is 5.96 Å². The molecule has 0 unspecified atom stereocenters. The van der Waals surface area contributed by atoms with Crippen LogP contribution in [-0.2, 0) is 11.3 Å². The van der Waals surface area contributed by atoms with E-state index < -0.39 is 0 Å². The van der Waals surface area contributed by atoms with Gasteiger partial charge in [0.2, 0.25) is 5.91 Å². The van der Waals surface area contributed by atoms with Gasteiger partial charge in [0, 0.05) is 31.1 Å². The van der Waals surface area contributed by atoms with E-state index in [1.54, 1.807) is 0 Å². The minimum absolute atomic E-state index is 0. The van der Waals surface area contributed by atoms with Crippen molar-refractivity contribution in [3.05, 3.63) is 60.2 Å². The van der Waals surface area contributed by atoms with E-state index in [4.69, 9.17) is 4.74 Å². The second-order valence-electron chi connectivity index (χ2n) is 6.71. The molecule has 2 aromatic rings. The van der Waals surface area contributed by atoms with Crippen LogP contribution in [0.5, 0.6) is 11.5 Å². The molecule has 1 aliphatic rings. The van der Waals surface area contributed by atoms with E-state index in [1.165, 1.54) is 0 Å². The van der Waals surface area contributed by atoms with Crippen LogP contribution in [0.2, 0.25) is 0 Å². The number of hydrogen-bond acceptors (Lipinski definition) is 3. The lowest BCUT2D eigenvalue weighted by Crippen LogP contribution is -2.41. The van der Waals surface area contributed by atoms with Crippen molar-refractivity contribution in [1.29, 1.82) is 0 Å². The van der Waals surface area contributed by atoms with Gasteiger partial charge in [-0.15, -0.1) is 24.0 Å². The first-order valence-electron chi connectivity index (χ1n) is 9.87. The third-order valence-electron chi connectivity index (χ3n) is 4.36. The molecule has 7 heteroatoms. The second kappa shape index (κ2) is 12.3. The Morgan fingerprint density at radius 3 is 2.41 bits per heavy atom. The molecule has 1 saturated carbocycles. The first-order chi connectivity index (χ1) is 13.8. The molecule has 0 aliphatic heterocycles. The highest BCUT2D eigenvalue weighted by Gasteiger charge is 2.28. The van der Waals surface area contributed by atoms with Crippen molar-refractivity contribution in [2.45, 2.75) is 26.3 Å². The number of ether oxygens (including phenoxy) is 1. The van der Waals surface area contributed by atoms with Crippen LogP contribution in [0.25, 0.3) is 0 Å². The van der Waals surface area contributed by atoms with Crippen LogP contribution in [0.3, 0.4) is 0 Å². The molecule has 2 aromatic carbocycles. The number of nitrogens with zero attached hydrogens (tertiary/aromatic N) is 1. The number of rotatable bonds is 9. The Balaban J connectivity index is 0.00000300. The number of para-hydroxylation sites is 2. The van der Waals surface area contributed by atoms with Crippen LogP contribution < -0.4 is 20.7 Å². The molecule has 0 heterocycles. The normalized spacial score (nSPS) is 13.2. The fourth-order valence-electron chi connectivity index (χ4n) is 2.71. The lowest BCUT2D eigenvalue weighted by Gasteiger charge is -2.13. The molecule has 0 aromatic heterocycles. The molecule has 3 N–H and O–H groups in total. The van der Waals surface area contributed by atoms with Crippen LogP contribution in [0.1, 0.15) is 25.3 Å². The number of hydrogen-bond donors (Lipinski definition) is 3. The minimum Gasteiger partial charge on any atom is -0.457 e. The summed E-state index contributed by atoms with van der Waals surface area (Å²) in [5.74, 6) is 2.72. The maximum Gasteiger partial charge on any atom is 0.223 e. The number of halogens is 1. The largest absolute Gasteiger partial charge is 0.457 e. The van der Waals surface area contributed by atoms with Crippen molar-refractivity contribution >= 4 is 35.8 Å². The molecule has 0 atom stereocenters. The van der Waals surface area contributed by atoms with Gasteiger partial charge in [0.05, 0.1) is 6.54 Å². The Morgan fingerprint density at radius 1 is 1.00 bits per heavy atom. The Morgan fingerprint density at radius 2 is 1.69 bits per heavy atom. The molecule has 6 nitrogen and oxygen atoms in total. The van der Waals surface area contributed by atoms with Crippen molar-refractivity contribution in [3.63, 3.8) is 0 Å². The number of carbonyl (C=O) groups excluding carboxylic acids is 1. The molecule has 1 aliphatic carbocycles. The zero-order chi connectivity index (χ0) is 19.6. The van der Waals surface area contributed by atoms with Gasteiger partial charge in [-0.1, -0.05) is 36.4 Å². The summed E-state index contributed by atoms with van der Waals surface area (Å²) < 4.78 is 6.00. The van der Waals surface area contributed by atoms with Gasteiger partial charge in [-0.3, -0.25) is 4.79 Å². The fourth-order valence-corrected chi connectivity index (χ4v) is 2.71. The van der Waals surface area contributed by atoms with Gasteiger partial charge < -0.3 is 20.7 Å². The zero-order valence-corrected chi connectivity index (χ0v) is 19.0. The SMILES string of the molecule is CCNC(=NCc1ccccc1Oc1ccccc1)NCCNC(=O)C1CC1.I. The maximum absolute atomic E-state index is 11.7. The lowest BCUT2D eigenvalue weighted by molar-refractivity contribution is -0.122. The van der Waals surface area contributed by atoms with E-state index in [9.17, 15) is 4.79 Å². The van der Waals surface area contributed by atoms with Crippen LogP contribution in [0.15, 0.2) is 59.6 Å². The molecular weight excluding hydrogens is 479 g/mol. The second-order valence-corrected chi connectivity index (χ2v) is 6.71. The average molecular weight is 508 g/mol. The summed E-state index contributed by atoms with van der Waals surface area (Å²) in [6.45, 7) is 4.51. The smallest absolute Gasteiger partial charge is 0.223 e. The molecule has 0 saturated heterocycles. The molecular formula is C22H29IN4O2. The van der Waals surface area contributed by atoms with E-state index >= 15 is 0 Å². The highest BCUT2D eigenvalue weighted by molar-refractivity contribution is 14.0. The van der Waals surface area contributed by atoms with Gasteiger partial charge in [-0.25, -0.2) is 4.99 Å². The van der Waals surface area contributed by atoms with E-state index in [1.807, 2.05) is 61.5 Å². The first-order valence-corrected chi connectivity index (χ1v) is 9.87. The summed E-state index contributed by atoms with van der Waals surface area (Å²) in [5.41, 5.74) is 1.01. The summed E-state index contributed by atoms with van der Waals surface area (Å²) in [5, 5.41) is 9.44. The Bertz CT molecular complexity index is 794. The van der Waals surface area contributed by atoms with Crippen LogP contribution in [0.4, 0.5) is 0 Å². The number of guanidine groups is 1. The van der Waals surface area contributed by atoms with Gasteiger partial charge in [-0.2, -0.15) is 0 Å². The first kappa shape index (κ1) is 23.0. The summed E-state index contributed by atoms with van der Waals surface area (Å²) in [4.78, 5) is 16.3. The van der Waals surface area contributed by atoms with E-state index in [-0.39, 0.29) is 35.8 Å². The van der Waals surface area contributed by atoms with Crippen molar-refractivity contribution in [3.8, 4) is 11.5 Å². The quantitative estimate of drug-likeness (QED) is 0.209. The summed E-state index contributed by atoms with van der Waals surface area (Å²) in [6.07, 6.45) is 2.04. The summed E-state index contributed by atoms with van der Waals surface area (Å²) >= 11 is 0. The number of benzene rings is 2. The van der Waals surface area contributed by atoms with Gasteiger partial charge >= 0.3 is 0 Å². The summed E-state index contributed by atoms with van der Waals surface area (Å²) in [7, 11) is 0. The third-order valence-corrected chi connectivity index (χ3v) is 4.36. The van der Waals surface area contributed by atoms with E-state index in [2.05, 4.69) is 20.9 Å². The van der Waals surface area contributed by atoms with Crippen LogP contribution in [-0.4, -0.2) is 31.5 Å². The van der Waals surface area contributed by atoms with Crippen LogP contribution >= 0.6 is 24.0 Å². The molecule has 3 rings (SSSR count). The van der Waals surface area contributed by atoms with Crippen molar-refractivity contribution < 1.29 is 9.53 Å². The fraction of sp³-hybridized carbons (Fsp3) is 0.364. The average Bonchev–Trinajstić information content (AvgIpc) is 3.56. The monoisotopic (exact) mass is 508 g/mol. The minimum atomic E-state index is 0. The molecule has 1 fully saturated rings. The Kier molecular flexibility index (Phi) is 9.76. The number of amides is 1. The standard InChI is InChI=1S/C22H28N4O2.HI/c1-2-23-22(25-15-14-24-21(27)17-12-13-17)26-16-18-8-6-7-11-20(18)28-19-9-4-3-5-10-19;/h3-11,17H,2,12-16H2,1H3,(H,24,27)(H2,23,25,26);1H. The zero-order valence-electron chi connectivity index (χ0n) is 16.7. The van der Waals surface area contributed by atoms with E-state index in [0.717, 1.165) is 42.4 Å². The predicted molar refractivity (Wildman–Crippen MR) is 127 cm³/mol. The molecule has 29 heavy (non-hydrogen) atoms. The number of nitrogens with one attached hydrogen (secondary N) is 3. The molecule has 0 spiro atoms. The van der Waals surface area contributed by atoms with Gasteiger partial charge in [-0.05, 0) is 38.0 Å². The third kappa shape index (κ3) is 7.92. The number of carbonyl (C=O) groups is 1. The molecule has 156 valence electrons. The van der Waals surface area contributed by atoms with Gasteiger partial charge in [0.25, 0.3) is 0 Å². The van der Waals surface area contributed by atoms with Crippen molar-refractivity contribution in [2.24, 2.45) is 10.9 Å². The van der Waals surface area contributed by atoms with Crippen LogP contribution in [0, 0.1) is 5.92 Å². The van der Waals surface area contributed by atoms with E-state index in [0.29, 0.717) is 19.6 Å². The maximum atomic E-state index is 11.7.